The number of aryl methyl sites for hydroxylation is 1. The highest BCUT2D eigenvalue weighted by molar-refractivity contribution is 5.93. The van der Waals surface area contributed by atoms with Gasteiger partial charge in [0.2, 0.25) is 0 Å². The van der Waals surface area contributed by atoms with Crippen LogP contribution < -0.4 is 0 Å². The Hall–Kier alpha value is -2.04. The van der Waals surface area contributed by atoms with Gasteiger partial charge in [-0.15, -0.1) is 0 Å². The number of carbonyl (C=O) groups is 1. The molecule has 1 aliphatic heterocycles. The maximum atomic E-state index is 12.3. The lowest BCUT2D eigenvalue weighted by atomic mass is 9.94. The lowest BCUT2D eigenvalue weighted by Crippen LogP contribution is -2.39. The fourth-order valence-corrected chi connectivity index (χ4v) is 2.62. The third-order valence-electron chi connectivity index (χ3n) is 3.62. The van der Waals surface area contributed by atoms with Gasteiger partial charge in [0.15, 0.2) is 0 Å². The Kier molecular flexibility index (Phi) is 3.11. The van der Waals surface area contributed by atoms with Crippen molar-refractivity contribution in [1.82, 2.24) is 15.1 Å². The van der Waals surface area contributed by atoms with E-state index in [0.717, 1.165) is 37.3 Å². The van der Waals surface area contributed by atoms with Crippen LogP contribution in [0.3, 0.4) is 0 Å². The summed E-state index contributed by atoms with van der Waals surface area (Å²) in [5, 5.41) is 7.28. The number of carbonyl (C=O) groups excluding carboxylic acids is 1. The molecule has 1 aliphatic rings. The maximum absolute atomic E-state index is 12.3. The molecule has 100 valence electrons. The van der Waals surface area contributed by atoms with E-state index in [1.807, 2.05) is 11.8 Å². The molecule has 0 aliphatic carbocycles. The summed E-state index contributed by atoms with van der Waals surface area (Å²) in [6.45, 7) is 3.53. The summed E-state index contributed by atoms with van der Waals surface area (Å²) in [7, 11) is 0. The molecule has 5 nitrogen and oxygen atoms in total. The number of hydrogen-bond acceptors (Lipinski definition) is 3. The first-order valence-electron chi connectivity index (χ1n) is 6.57. The fourth-order valence-electron chi connectivity index (χ4n) is 2.62. The van der Waals surface area contributed by atoms with Gasteiger partial charge in [-0.3, -0.25) is 9.89 Å². The molecule has 1 N–H and O–H groups in total. The van der Waals surface area contributed by atoms with E-state index < -0.39 is 0 Å². The maximum Gasteiger partial charge on any atom is 0.257 e. The van der Waals surface area contributed by atoms with Crippen LogP contribution in [-0.4, -0.2) is 34.1 Å². The van der Waals surface area contributed by atoms with Gasteiger partial charge in [0.1, 0.15) is 6.26 Å². The standard InChI is InChI=1S/C14H17N3O2/c1-10-7-13(16-15-10)11-3-2-5-17(8-11)14(18)12-4-6-19-9-12/h4,6-7,9,11H,2-3,5,8H2,1H3,(H,15,16)/t11-/m1/s1. The lowest BCUT2D eigenvalue weighted by molar-refractivity contribution is 0.0705. The number of amides is 1. The van der Waals surface area contributed by atoms with Crippen molar-refractivity contribution in [2.24, 2.45) is 0 Å². The predicted molar refractivity (Wildman–Crippen MR) is 69.9 cm³/mol. The molecule has 0 unspecified atom stereocenters. The van der Waals surface area contributed by atoms with E-state index in [4.69, 9.17) is 4.42 Å². The van der Waals surface area contributed by atoms with Crippen LogP contribution >= 0.6 is 0 Å². The molecule has 0 bridgehead atoms. The number of likely N-dealkylation sites (tertiary alicyclic amines) is 1. The second kappa shape index (κ2) is 4.91. The molecule has 3 heterocycles. The van der Waals surface area contributed by atoms with Gasteiger partial charge >= 0.3 is 0 Å². The average Bonchev–Trinajstić information content (AvgIpc) is 3.09. The molecular formula is C14H17N3O2. The van der Waals surface area contributed by atoms with E-state index in [1.54, 1.807) is 6.07 Å². The van der Waals surface area contributed by atoms with Crippen molar-refractivity contribution >= 4 is 5.91 Å². The van der Waals surface area contributed by atoms with Gasteiger partial charge in [0, 0.05) is 24.7 Å². The quantitative estimate of drug-likeness (QED) is 0.900. The van der Waals surface area contributed by atoms with Gasteiger partial charge in [0.25, 0.3) is 5.91 Å². The molecule has 0 saturated carbocycles. The van der Waals surface area contributed by atoms with Crippen LogP contribution in [0.4, 0.5) is 0 Å². The summed E-state index contributed by atoms with van der Waals surface area (Å²) >= 11 is 0. The third kappa shape index (κ3) is 2.41. The normalized spacial score (nSPS) is 19.6. The minimum absolute atomic E-state index is 0.0470. The van der Waals surface area contributed by atoms with E-state index in [1.165, 1.54) is 12.5 Å². The number of aromatic nitrogens is 2. The smallest absolute Gasteiger partial charge is 0.257 e. The molecule has 5 heteroatoms. The number of rotatable bonds is 2. The highest BCUT2D eigenvalue weighted by atomic mass is 16.3. The van der Waals surface area contributed by atoms with Crippen LogP contribution in [0.2, 0.25) is 0 Å². The predicted octanol–water partition coefficient (Wildman–Crippen LogP) is 2.33. The molecule has 0 radical (unpaired) electrons. The van der Waals surface area contributed by atoms with Crippen LogP contribution in [0.25, 0.3) is 0 Å². The number of piperidine rings is 1. The van der Waals surface area contributed by atoms with E-state index in [9.17, 15) is 4.79 Å². The average molecular weight is 259 g/mol. The molecule has 19 heavy (non-hydrogen) atoms. The molecule has 1 atom stereocenters. The van der Waals surface area contributed by atoms with E-state index >= 15 is 0 Å². The van der Waals surface area contributed by atoms with Crippen molar-refractivity contribution in [2.75, 3.05) is 13.1 Å². The lowest BCUT2D eigenvalue weighted by Gasteiger charge is -2.31. The molecule has 2 aromatic rings. The molecular weight excluding hydrogens is 242 g/mol. The molecule has 1 fully saturated rings. The highest BCUT2D eigenvalue weighted by Crippen LogP contribution is 2.26. The Bertz CT molecular complexity index is 559. The SMILES string of the molecule is Cc1cc([C@@H]2CCCN(C(=O)c3ccoc3)C2)n[nH]1. The molecule has 0 spiro atoms. The highest BCUT2D eigenvalue weighted by Gasteiger charge is 2.27. The zero-order chi connectivity index (χ0) is 13.2. The molecule has 1 amide bonds. The number of nitrogens with one attached hydrogen (secondary N) is 1. The van der Waals surface area contributed by atoms with Crippen molar-refractivity contribution in [3.05, 3.63) is 41.6 Å². The summed E-state index contributed by atoms with van der Waals surface area (Å²) in [5.74, 6) is 0.375. The van der Waals surface area contributed by atoms with Gasteiger partial charge in [-0.25, -0.2) is 0 Å². The monoisotopic (exact) mass is 259 g/mol. The second-order valence-corrected chi connectivity index (χ2v) is 5.08. The number of H-pyrrole nitrogens is 1. The Morgan fingerprint density at radius 2 is 2.47 bits per heavy atom. The number of hydrogen-bond donors (Lipinski definition) is 1. The van der Waals surface area contributed by atoms with Gasteiger partial charge in [0.05, 0.1) is 17.5 Å². The largest absolute Gasteiger partial charge is 0.472 e. The summed E-state index contributed by atoms with van der Waals surface area (Å²) in [5.41, 5.74) is 2.74. The van der Waals surface area contributed by atoms with Crippen LogP contribution in [0, 0.1) is 6.92 Å². The molecule has 0 aromatic carbocycles. The topological polar surface area (TPSA) is 62.1 Å². The van der Waals surface area contributed by atoms with Crippen molar-refractivity contribution < 1.29 is 9.21 Å². The van der Waals surface area contributed by atoms with E-state index in [0.29, 0.717) is 11.5 Å². The van der Waals surface area contributed by atoms with Crippen LogP contribution in [0.1, 0.15) is 40.5 Å². The van der Waals surface area contributed by atoms with Crippen molar-refractivity contribution in [2.45, 2.75) is 25.7 Å². The Labute approximate surface area is 111 Å². The van der Waals surface area contributed by atoms with Crippen molar-refractivity contribution in [3.63, 3.8) is 0 Å². The van der Waals surface area contributed by atoms with Crippen LogP contribution in [0.5, 0.6) is 0 Å². The van der Waals surface area contributed by atoms with E-state index in [2.05, 4.69) is 16.3 Å². The molecule has 2 aromatic heterocycles. The van der Waals surface area contributed by atoms with Gasteiger partial charge in [-0.1, -0.05) is 0 Å². The van der Waals surface area contributed by atoms with Gasteiger partial charge in [-0.2, -0.15) is 5.10 Å². The van der Waals surface area contributed by atoms with Gasteiger partial charge < -0.3 is 9.32 Å². The Morgan fingerprint density at radius 1 is 1.58 bits per heavy atom. The number of furan rings is 1. The Morgan fingerprint density at radius 3 is 3.16 bits per heavy atom. The third-order valence-corrected chi connectivity index (χ3v) is 3.62. The molecule has 3 rings (SSSR count). The summed E-state index contributed by atoms with van der Waals surface area (Å²) in [6.07, 6.45) is 5.13. The van der Waals surface area contributed by atoms with E-state index in [-0.39, 0.29) is 5.91 Å². The fraction of sp³-hybridized carbons (Fsp3) is 0.429. The first-order valence-corrected chi connectivity index (χ1v) is 6.57. The van der Waals surface area contributed by atoms with Crippen molar-refractivity contribution in [1.29, 1.82) is 0 Å². The first-order chi connectivity index (χ1) is 9.24. The minimum Gasteiger partial charge on any atom is -0.472 e. The summed E-state index contributed by atoms with van der Waals surface area (Å²) < 4.78 is 4.98. The van der Waals surface area contributed by atoms with Crippen LogP contribution in [-0.2, 0) is 0 Å². The number of aromatic amines is 1. The first kappa shape index (κ1) is 12.0. The summed E-state index contributed by atoms with van der Waals surface area (Å²) in [6, 6.07) is 3.78. The molecule has 1 saturated heterocycles. The zero-order valence-electron chi connectivity index (χ0n) is 10.9. The second-order valence-electron chi connectivity index (χ2n) is 5.08. The summed E-state index contributed by atoms with van der Waals surface area (Å²) in [4.78, 5) is 14.2. The van der Waals surface area contributed by atoms with Crippen molar-refractivity contribution in [3.8, 4) is 0 Å². The minimum atomic E-state index is 0.0470. The number of nitrogens with zero attached hydrogens (tertiary/aromatic N) is 2. The van der Waals surface area contributed by atoms with Gasteiger partial charge in [-0.05, 0) is 31.9 Å². The Balaban J connectivity index is 1.73. The zero-order valence-corrected chi connectivity index (χ0v) is 10.9. The van der Waals surface area contributed by atoms with Crippen LogP contribution in [0.15, 0.2) is 29.1 Å².